The molecule has 1 aromatic rings. The summed E-state index contributed by atoms with van der Waals surface area (Å²) in [5.41, 5.74) is 0.768. The second-order valence-corrected chi connectivity index (χ2v) is 6.99. The number of halogens is 3. The zero-order valence-electron chi connectivity index (χ0n) is 18.2. The predicted octanol–water partition coefficient (Wildman–Crippen LogP) is 6.75. The third-order valence-electron chi connectivity index (χ3n) is 4.88. The normalized spacial score (nSPS) is 16.8. The van der Waals surface area contributed by atoms with Crippen molar-refractivity contribution in [3.63, 3.8) is 0 Å². The van der Waals surface area contributed by atoms with Crippen LogP contribution in [0.5, 0.6) is 5.75 Å². The maximum absolute atomic E-state index is 12.6. The van der Waals surface area contributed by atoms with Crippen LogP contribution in [0.15, 0.2) is 60.8 Å². The van der Waals surface area contributed by atoms with Crippen molar-refractivity contribution in [2.24, 2.45) is 5.41 Å². The lowest BCUT2D eigenvalue weighted by Crippen LogP contribution is -2.63. The van der Waals surface area contributed by atoms with Crippen molar-refractivity contribution in [1.82, 2.24) is 4.90 Å². The number of nitrogens with zero attached hydrogens (tertiary/aromatic N) is 2. The Bertz CT molecular complexity index is 774. The lowest BCUT2D eigenvalue weighted by Gasteiger charge is -2.59. The fourth-order valence-corrected chi connectivity index (χ4v) is 3.47. The summed E-state index contributed by atoms with van der Waals surface area (Å²) in [6, 6.07) is 6.78. The van der Waals surface area contributed by atoms with E-state index in [1.807, 2.05) is 33.8 Å². The molecule has 1 aliphatic carbocycles. The zero-order chi connectivity index (χ0) is 22.9. The molecular formula is C24H31F3N2O. The second-order valence-electron chi connectivity index (χ2n) is 6.99. The standard InChI is InChI=1S/C20H19F3N2O.2C2H6/c1-14(11-24)3-4-15(2)25-12-19(13-25)9-18(10-19)26-17-7-5-16(6-8-17)20(21,22)23;2*1-2/h3-8,18H,1-2,9-10,12-13H2;2*1-2H3/b4-3-;;. The average molecular weight is 421 g/mol. The summed E-state index contributed by atoms with van der Waals surface area (Å²) in [6.07, 6.45) is 0.901. The van der Waals surface area contributed by atoms with Crippen LogP contribution in [-0.2, 0) is 6.18 Å². The molecule has 1 heterocycles. The minimum absolute atomic E-state index is 0.0380. The molecule has 0 bridgehead atoms. The zero-order valence-corrected chi connectivity index (χ0v) is 18.2. The molecule has 6 heteroatoms. The lowest BCUT2D eigenvalue weighted by molar-refractivity contribution is -0.137. The van der Waals surface area contributed by atoms with Crippen LogP contribution in [0.1, 0.15) is 46.1 Å². The topological polar surface area (TPSA) is 36.3 Å². The number of alkyl halides is 3. The molecule has 1 saturated carbocycles. The molecule has 2 aliphatic rings. The molecule has 0 unspecified atom stereocenters. The molecule has 0 N–H and O–H groups in total. The van der Waals surface area contributed by atoms with Crippen molar-refractivity contribution in [3.8, 4) is 11.8 Å². The Morgan fingerprint density at radius 2 is 1.63 bits per heavy atom. The monoisotopic (exact) mass is 420 g/mol. The molecule has 164 valence electrons. The van der Waals surface area contributed by atoms with Gasteiger partial charge in [-0.2, -0.15) is 18.4 Å². The molecule has 1 aliphatic heterocycles. The first-order valence-corrected chi connectivity index (χ1v) is 10.3. The number of hydrogen-bond acceptors (Lipinski definition) is 3. The smallest absolute Gasteiger partial charge is 0.416 e. The van der Waals surface area contributed by atoms with E-state index in [4.69, 9.17) is 10.00 Å². The van der Waals surface area contributed by atoms with E-state index in [9.17, 15) is 13.2 Å². The van der Waals surface area contributed by atoms with Gasteiger partial charge in [-0.1, -0.05) is 40.9 Å². The SMILES string of the molecule is C=C(C#N)/C=C\C(=C)N1CC2(CC(Oc3ccc(C(F)(F)F)cc3)C2)C1.CC.CC. The van der Waals surface area contributed by atoms with Crippen molar-refractivity contribution in [2.75, 3.05) is 13.1 Å². The molecule has 0 amide bonds. The van der Waals surface area contributed by atoms with Gasteiger partial charge in [-0.05, 0) is 49.3 Å². The van der Waals surface area contributed by atoms with Crippen molar-refractivity contribution < 1.29 is 17.9 Å². The van der Waals surface area contributed by atoms with Gasteiger partial charge >= 0.3 is 6.18 Å². The Kier molecular flexibility index (Phi) is 9.22. The minimum Gasteiger partial charge on any atom is -0.490 e. The predicted molar refractivity (Wildman–Crippen MR) is 115 cm³/mol. The van der Waals surface area contributed by atoms with Crippen LogP contribution in [0.4, 0.5) is 13.2 Å². The number of nitriles is 1. The Hall–Kier alpha value is -2.68. The molecule has 1 saturated heterocycles. The number of allylic oxidation sites excluding steroid dienone is 3. The molecular weight excluding hydrogens is 389 g/mol. The van der Waals surface area contributed by atoms with Crippen LogP contribution in [0, 0.1) is 16.7 Å². The summed E-state index contributed by atoms with van der Waals surface area (Å²) in [5.74, 6) is 0.469. The van der Waals surface area contributed by atoms with E-state index in [-0.39, 0.29) is 11.5 Å². The lowest BCUT2D eigenvalue weighted by atomic mass is 9.61. The van der Waals surface area contributed by atoms with Gasteiger partial charge in [-0.15, -0.1) is 0 Å². The summed E-state index contributed by atoms with van der Waals surface area (Å²) in [5, 5.41) is 8.68. The third-order valence-corrected chi connectivity index (χ3v) is 4.88. The summed E-state index contributed by atoms with van der Waals surface area (Å²) < 4.78 is 43.4. The van der Waals surface area contributed by atoms with E-state index < -0.39 is 11.7 Å². The van der Waals surface area contributed by atoms with Gasteiger partial charge in [0.05, 0.1) is 11.6 Å². The fourth-order valence-electron chi connectivity index (χ4n) is 3.47. The second kappa shape index (κ2) is 10.9. The van der Waals surface area contributed by atoms with Crippen molar-refractivity contribution in [3.05, 3.63) is 66.4 Å². The highest BCUT2D eigenvalue weighted by molar-refractivity contribution is 5.34. The molecule has 0 radical (unpaired) electrons. The van der Waals surface area contributed by atoms with E-state index in [1.54, 1.807) is 12.2 Å². The van der Waals surface area contributed by atoms with Crippen molar-refractivity contribution in [2.45, 2.75) is 52.8 Å². The van der Waals surface area contributed by atoms with Crippen molar-refractivity contribution >= 4 is 0 Å². The quantitative estimate of drug-likeness (QED) is 0.390. The van der Waals surface area contributed by atoms with E-state index in [0.29, 0.717) is 11.3 Å². The van der Waals surface area contributed by atoms with Crippen LogP contribution >= 0.6 is 0 Å². The summed E-state index contributed by atoms with van der Waals surface area (Å²) in [4.78, 5) is 2.13. The van der Waals surface area contributed by atoms with E-state index in [0.717, 1.165) is 43.8 Å². The number of rotatable bonds is 5. The third kappa shape index (κ3) is 6.41. The van der Waals surface area contributed by atoms with E-state index in [2.05, 4.69) is 18.1 Å². The van der Waals surface area contributed by atoms with Crippen LogP contribution in [0.3, 0.4) is 0 Å². The number of ether oxygens (including phenoxy) is 1. The Morgan fingerprint density at radius 3 is 2.10 bits per heavy atom. The highest BCUT2D eigenvalue weighted by atomic mass is 19.4. The molecule has 3 rings (SSSR count). The van der Waals surface area contributed by atoms with Crippen LogP contribution in [0.2, 0.25) is 0 Å². The Morgan fingerprint density at radius 1 is 1.10 bits per heavy atom. The van der Waals surface area contributed by atoms with Gasteiger partial charge < -0.3 is 9.64 Å². The van der Waals surface area contributed by atoms with Gasteiger partial charge in [0, 0.05) is 29.8 Å². The maximum atomic E-state index is 12.6. The first-order valence-electron chi connectivity index (χ1n) is 10.3. The molecule has 1 spiro atoms. The summed E-state index contributed by atoms with van der Waals surface area (Å²) >= 11 is 0. The first-order chi connectivity index (χ1) is 14.2. The maximum Gasteiger partial charge on any atom is 0.416 e. The van der Waals surface area contributed by atoms with Gasteiger partial charge in [0.25, 0.3) is 0 Å². The van der Waals surface area contributed by atoms with Gasteiger partial charge in [0.15, 0.2) is 0 Å². The van der Waals surface area contributed by atoms with Gasteiger partial charge in [-0.3, -0.25) is 0 Å². The fraction of sp³-hybridized carbons (Fsp3) is 0.458. The van der Waals surface area contributed by atoms with E-state index >= 15 is 0 Å². The van der Waals surface area contributed by atoms with Gasteiger partial charge in [-0.25, -0.2) is 0 Å². The first kappa shape index (κ1) is 25.4. The molecule has 0 aromatic heterocycles. The molecule has 30 heavy (non-hydrogen) atoms. The van der Waals surface area contributed by atoms with E-state index in [1.165, 1.54) is 12.1 Å². The Balaban J connectivity index is 0.00000106. The summed E-state index contributed by atoms with van der Waals surface area (Å²) in [6.45, 7) is 17.3. The van der Waals surface area contributed by atoms with Crippen LogP contribution in [0.25, 0.3) is 0 Å². The van der Waals surface area contributed by atoms with Crippen molar-refractivity contribution in [1.29, 1.82) is 5.26 Å². The Labute approximate surface area is 178 Å². The summed E-state index contributed by atoms with van der Waals surface area (Å²) in [7, 11) is 0. The van der Waals surface area contributed by atoms with Gasteiger partial charge in [0.1, 0.15) is 11.9 Å². The molecule has 0 atom stereocenters. The van der Waals surface area contributed by atoms with Crippen LogP contribution < -0.4 is 4.74 Å². The molecule has 2 fully saturated rings. The van der Waals surface area contributed by atoms with Gasteiger partial charge in [0.2, 0.25) is 0 Å². The molecule has 3 nitrogen and oxygen atoms in total. The minimum atomic E-state index is -4.33. The highest BCUT2D eigenvalue weighted by Crippen LogP contribution is 2.50. The number of likely N-dealkylation sites (tertiary alicyclic amines) is 1. The highest BCUT2D eigenvalue weighted by Gasteiger charge is 2.53. The van der Waals surface area contributed by atoms with Crippen LogP contribution in [-0.4, -0.2) is 24.1 Å². The number of benzene rings is 1. The molecule has 1 aromatic carbocycles. The largest absolute Gasteiger partial charge is 0.490 e. The number of hydrogen-bond donors (Lipinski definition) is 0. The average Bonchev–Trinajstić information content (AvgIpc) is 2.69.